The summed E-state index contributed by atoms with van der Waals surface area (Å²) in [6.45, 7) is 0. The van der Waals surface area contributed by atoms with Crippen LogP contribution in [-0.2, 0) is 5.75 Å². The Morgan fingerprint density at radius 2 is 2.05 bits per heavy atom. The molecule has 0 spiro atoms. The topological polar surface area (TPSA) is 57.4 Å². The van der Waals surface area contributed by atoms with Crippen molar-refractivity contribution < 1.29 is 33.2 Å². The number of pyridine rings is 1. The molecule has 0 saturated carbocycles. The molecule has 4 nitrogen and oxygen atoms in total. The van der Waals surface area contributed by atoms with E-state index in [-0.39, 0.29) is 30.2 Å². The van der Waals surface area contributed by atoms with Crippen LogP contribution in [0.2, 0.25) is 0 Å². The number of halogens is 1. The first kappa shape index (κ1) is 16.6. The summed E-state index contributed by atoms with van der Waals surface area (Å²) in [6.07, 6.45) is 2.75. The molecule has 0 atom stereocenters. The number of nitrogens with zero attached hydrogens (tertiary/aromatic N) is 2. The molecule has 3 aromatic rings. The van der Waals surface area contributed by atoms with Gasteiger partial charge in [0.25, 0.3) is 0 Å². The summed E-state index contributed by atoms with van der Waals surface area (Å²) in [6, 6.07) is 11.1. The molecule has 2 aromatic heterocycles. The van der Waals surface area contributed by atoms with Gasteiger partial charge in [0, 0.05) is 16.8 Å². The van der Waals surface area contributed by atoms with Crippen molar-refractivity contribution in [3.8, 4) is 0 Å². The monoisotopic (exact) mass is 308 g/mol. The van der Waals surface area contributed by atoms with Crippen LogP contribution in [0.25, 0.3) is 5.52 Å². The maximum Gasteiger partial charge on any atom is 1.00 e. The minimum atomic E-state index is -1.43. The van der Waals surface area contributed by atoms with E-state index in [9.17, 15) is 14.3 Å². The average molecular weight is 308 g/mol. The van der Waals surface area contributed by atoms with Gasteiger partial charge in [-0.3, -0.25) is 4.40 Å². The van der Waals surface area contributed by atoms with Gasteiger partial charge in [0.2, 0.25) is 0 Å². The fourth-order valence-electron chi connectivity index (χ4n) is 2.00. The van der Waals surface area contributed by atoms with Crippen LogP contribution in [0.15, 0.2) is 53.7 Å². The summed E-state index contributed by atoms with van der Waals surface area (Å²) >= 11 is 1.42. The number of aromatic carboxylic acids is 1. The number of thioether (sulfide) groups is 1. The van der Waals surface area contributed by atoms with Crippen LogP contribution >= 0.6 is 11.8 Å². The number of fused-ring (bicyclic) bond motifs is 1. The van der Waals surface area contributed by atoms with Gasteiger partial charge in [0.05, 0.1) is 6.20 Å². The number of carboxylic acid groups (broad SMARTS) is 1. The Morgan fingerprint density at radius 1 is 1.32 bits per heavy atom. The minimum Gasteiger partial charge on any atom is -0.542 e. The maximum atomic E-state index is 14.0. The zero-order valence-electron chi connectivity index (χ0n) is 11.8. The van der Waals surface area contributed by atoms with E-state index in [0.29, 0.717) is 10.6 Å². The Kier molecular flexibility index (Phi) is 5.30. The van der Waals surface area contributed by atoms with E-state index in [4.69, 9.17) is 0 Å². The molecule has 0 bridgehead atoms. The molecule has 0 aliphatic carbocycles. The average Bonchev–Trinajstić information content (AvgIpc) is 2.91. The van der Waals surface area contributed by atoms with Crippen molar-refractivity contribution >= 4 is 23.2 Å². The van der Waals surface area contributed by atoms with E-state index in [0.717, 1.165) is 5.56 Å². The Bertz CT molecular complexity index is 808. The molecule has 0 radical (unpaired) electrons. The molecular weight excluding hydrogens is 298 g/mol. The number of imidazole rings is 1. The van der Waals surface area contributed by atoms with E-state index in [1.165, 1.54) is 28.4 Å². The molecule has 0 unspecified atom stereocenters. The fraction of sp³-hybridized carbons (Fsp3) is 0.0667. The van der Waals surface area contributed by atoms with Crippen LogP contribution in [-0.4, -0.2) is 15.4 Å². The second kappa shape index (κ2) is 7.01. The van der Waals surface area contributed by atoms with E-state index < -0.39 is 11.8 Å². The SMILES string of the molecule is O=C([O-])c1ncc2c(F)cc(SCc3ccccc3)cn12.[Li+]. The molecule has 0 fully saturated rings. The van der Waals surface area contributed by atoms with Gasteiger partial charge < -0.3 is 9.90 Å². The number of aromatic nitrogens is 2. The zero-order chi connectivity index (χ0) is 14.8. The van der Waals surface area contributed by atoms with Crippen LogP contribution in [0.3, 0.4) is 0 Å². The molecule has 0 amide bonds. The molecule has 0 saturated heterocycles. The summed E-state index contributed by atoms with van der Waals surface area (Å²) in [5, 5.41) is 11.0. The van der Waals surface area contributed by atoms with Crippen molar-refractivity contribution in [3.63, 3.8) is 0 Å². The normalized spacial score (nSPS) is 10.4. The molecule has 2 heterocycles. The van der Waals surface area contributed by atoms with Crippen molar-refractivity contribution in [3.05, 3.63) is 66.0 Å². The van der Waals surface area contributed by atoms with Crippen LogP contribution in [0.1, 0.15) is 16.2 Å². The second-order valence-electron chi connectivity index (χ2n) is 4.42. The van der Waals surface area contributed by atoms with Gasteiger partial charge in [-0.25, -0.2) is 9.37 Å². The van der Waals surface area contributed by atoms with Crippen molar-refractivity contribution in [1.29, 1.82) is 0 Å². The second-order valence-corrected chi connectivity index (χ2v) is 5.47. The summed E-state index contributed by atoms with van der Waals surface area (Å²) in [4.78, 5) is 15.3. The van der Waals surface area contributed by atoms with Crippen molar-refractivity contribution in [2.24, 2.45) is 0 Å². The van der Waals surface area contributed by atoms with Crippen molar-refractivity contribution in [2.45, 2.75) is 10.6 Å². The van der Waals surface area contributed by atoms with Crippen LogP contribution in [0.4, 0.5) is 4.39 Å². The van der Waals surface area contributed by atoms with Crippen LogP contribution < -0.4 is 24.0 Å². The Hall–Kier alpha value is -1.74. The van der Waals surface area contributed by atoms with Gasteiger partial charge in [-0.05, 0) is 11.6 Å². The molecule has 0 aliphatic heterocycles. The minimum absolute atomic E-state index is 0. The molecule has 106 valence electrons. The Morgan fingerprint density at radius 3 is 2.73 bits per heavy atom. The third kappa shape index (κ3) is 3.36. The smallest absolute Gasteiger partial charge is 0.542 e. The summed E-state index contributed by atoms with van der Waals surface area (Å²) < 4.78 is 15.2. The third-order valence-corrected chi connectivity index (χ3v) is 4.03. The fourth-order valence-corrected chi connectivity index (χ4v) is 2.89. The molecular formula is C15H10FLiN2O2S. The molecule has 7 heteroatoms. The molecule has 0 aliphatic rings. The zero-order valence-corrected chi connectivity index (χ0v) is 12.6. The summed E-state index contributed by atoms with van der Waals surface area (Å²) in [5.74, 6) is -1.57. The van der Waals surface area contributed by atoms with Crippen molar-refractivity contribution in [1.82, 2.24) is 9.38 Å². The summed E-state index contributed by atoms with van der Waals surface area (Å²) in [7, 11) is 0. The molecule has 22 heavy (non-hydrogen) atoms. The Balaban J connectivity index is 0.00000176. The standard InChI is InChI=1S/C15H11FN2O2S.Li/c16-12-6-11(21-9-10-4-2-1-3-5-10)8-18-13(12)7-17-14(18)15(19)20;/h1-8H,9H2,(H,19,20);/q;+1/p-1. The van der Waals surface area contributed by atoms with Gasteiger partial charge in [0.15, 0.2) is 5.82 Å². The number of hydrogen-bond donors (Lipinski definition) is 0. The van der Waals surface area contributed by atoms with Crippen molar-refractivity contribution in [2.75, 3.05) is 0 Å². The first-order chi connectivity index (χ1) is 10.1. The van der Waals surface area contributed by atoms with Crippen LogP contribution in [0, 0.1) is 5.82 Å². The van der Waals surface area contributed by atoms with E-state index in [1.807, 2.05) is 30.3 Å². The maximum absolute atomic E-state index is 14.0. The molecule has 0 N–H and O–H groups in total. The van der Waals surface area contributed by atoms with Gasteiger partial charge in [-0.15, -0.1) is 11.8 Å². The number of benzene rings is 1. The summed E-state index contributed by atoms with van der Waals surface area (Å²) in [5.41, 5.74) is 1.23. The van der Waals surface area contributed by atoms with E-state index >= 15 is 0 Å². The van der Waals surface area contributed by atoms with Crippen LogP contribution in [0.5, 0.6) is 0 Å². The quantitative estimate of drug-likeness (QED) is 0.465. The number of carbonyl (C=O) groups excluding carboxylic acids is 1. The Labute approximate surface area is 142 Å². The predicted octanol–water partition coefficient (Wildman–Crippen LogP) is -0.867. The molecule has 1 aromatic carbocycles. The van der Waals surface area contributed by atoms with Gasteiger partial charge in [-0.1, -0.05) is 30.3 Å². The molecule has 3 rings (SSSR count). The first-order valence-electron chi connectivity index (χ1n) is 6.20. The first-order valence-corrected chi connectivity index (χ1v) is 7.18. The predicted molar refractivity (Wildman–Crippen MR) is 75.5 cm³/mol. The van der Waals surface area contributed by atoms with Gasteiger partial charge in [0.1, 0.15) is 17.3 Å². The van der Waals surface area contributed by atoms with E-state index in [1.54, 1.807) is 6.20 Å². The third-order valence-electron chi connectivity index (χ3n) is 3.00. The number of carboxylic acids is 1. The number of hydrogen-bond acceptors (Lipinski definition) is 4. The van der Waals surface area contributed by atoms with Gasteiger partial charge >= 0.3 is 18.9 Å². The number of carbonyl (C=O) groups is 1. The largest absolute Gasteiger partial charge is 1.00 e. The van der Waals surface area contributed by atoms with E-state index in [2.05, 4.69) is 4.98 Å². The van der Waals surface area contributed by atoms with Gasteiger partial charge in [-0.2, -0.15) is 0 Å². The number of rotatable bonds is 4.